The lowest BCUT2D eigenvalue weighted by Crippen LogP contribution is -2.21. The predicted molar refractivity (Wildman–Crippen MR) is 73.2 cm³/mol. The molecule has 0 aromatic heterocycles. The molecule has 100 valence electrons. The molecule has 0 radical (unpaired) electrons. The summed E-state index contributed by atoms with van der Waals surface area (Å²) in [5.74, 6) is -0.879. The third kappa shape index (κ3) is 3.22. The van der Waals surface area contributed by atoms with E-state index in [-0.39, 0.29) is 17.4 Å². The van der Waals surface area contributed by atoms with Crippen molar-refractivity contribution in [2.24, 2.45) is 5.73 Å². The van der Waals surface area contributed by atoms with Gasteiger partial charge in [0.15, 0.2) is 0 Å². The highest BCUT2D eigenvalue weighted by Crippen LogP contribution is 2.25. The van der Waals surface area contributed by atoms with Crippen LogP contribution in [0, 0.1) is 11.6 Å². The lowest BCUT2D eigenvalue weighted by molar-refractivity contribution is 0.593. The van der Waals surface area contributed by atoms with Crippen LogP contribution in [0.15, 0.2) is 42.5 Å². The molecule has 0 saturated heterocycles. The topological polar surface area (TPSA) is 38.0 Å². The monoisotopic (exact) mass is 282 g/mol. The quantitative estimate of drug-likeness (QED) is 0.897. The molecular weight excluding hydrogens is 270 g/mol. The molecule has 3 N–H and O–H groups in total. The summed E-state index contributed by atoms with van der Waals surface area (Å²) in [4.78, 5) is 0. The zero-order valence-electron chi connectivity index (χ0n) is 10.0. The van der Waals surface area contributed by atoms with Gasteiger partial charge in [-0.3, -0.25) is 0 Å². The molecular formula is C14H13ClF2N2. The Morgan fingerprint density at radius 1 is 1.16 bits per heavy atom. The summed E-state index contributed by atoms with van der Waals surface area (Å²) < 4.78 is 27.0. The number of anilines is 1. The van der Waals surface area contributed by atoms with Gasteiger partial charge in [0, 0.05) is 17.8 Å². The molecule has 2 nitrogen and oxygen atoms in total. The lowest BCUT2D eigenvalue weighted by atomic mass is 10.1. The fourth-order valence-electron chi connectivity index (χ4n) is 1.83. The molecule has 19 heavy (non-hydrogen) atoms. The van der Waals surface area contributed by atoms with Gasteiger partial charge in [-0.25, -0.2) is 8.78 Å². The smallest absolute Gasteiger partial charge is 0.147 e. The molecule has 5 heteroatoms. The van der Waals surface area contributed by atoms with E-state index in [0.717, 1.165) is 0 Å². The number of hydrogen-bond acceptors (Lipinski definition) is 2. The Kier molecular flexibility index (Phi) is 4.35. The number of hydrogen-bond donors (Lipinski definition) is 2. The van der Waals surface area contributed by atoms with Crippen molar-refractivity contribution in [1.29, 1.82) is 0 Å². The van der Waals surface area contributed by atoms with Crippen LogP contribution in [0.1, 0.15) is 11.6 Å². The van der Waals surface area contributed by atoms with E-state index in [1.807, 2.05) is 0 Å². The first-order chi connectivity index (χ1) is 9.11. The Labute approximate surface area is 115 Å². The maximum atomic E-state index is 13.9. The van der Waals surface area contributed by atoms with Gasteiger partial charge in [-0.15, -0.1) is 0 Å². The summed E-state index contributed by atoms with van der Waals surface area (Å²) in [7, 11) is 0. The van der Waals surface area contributed by atoms with Crippen molar-refractivity contribution in [3.63, 3.8) is 0 Å². The second kappa shape index (κ2) is 5.99. The molecule has 0 fully saturated rings. The number of nitrogens with one attached hydrogen (secondary N) is 1. The van der Waals surface area contributed by atoms with Crippen molar-refractivity contribution < 1.29 is 8.78 Å². The van der Waals surface area contributed by atoms with E-state index in [9.17, 15) is 8.78 Å². The second-order valence-electron chi connectivity index (χ2n) is 4.09. The summed E-state index contributed by atoms with van der Waals surface area (Å²) in [5.41, 5.74) is 6.54. The summed E-state index contributed by atoms with van der Waals surface area (Å²) in [5, 5.41) is 3.03. The summed E-state index contributed by atoms with van der Waals surface area (Å²) in [6.07, 6.45) is 0. The maximum Gasteiger partial charge on any atom is 0.147 e. The van der Waals surface area contributed by atoms with Crippen molar-refractivity contribution in [3.8, 4) is 0 Å². The van der Waals surface area contributed by atoms with Crippen molar-refractivity contribution in [2.75, 3.05) is 11.9 Å². The maximum absolute atomic E-state index is 13.9. The first-order valence-corrected chi connectivity index (χ1v) is 6.15. The van der Waals surface area contributed by atoms with E-state index in [0.29, 0.717) is 11.3 Å². The van der Waals surface area contributed by atoms with Gasteiger partial charge in [-0.1, -0.05) is 29.8 Å². The summed E-state index contributed by atoms with van der Waals surface area (Å²) in [6.45, 7) is 0.160. The Hall–Kier alpha value is -1.65. The van der Waals surface area contributed by atoms with Gasteiger partial charge in [0.25, 0.3) is 0 Å². The van der Waals surface area contributed by atoms with E-state index >= 15 is 0 Å². The highest BCUT2D eigenvalue weighted by molar-refractivity contribution is 6.30. The van der Waals surface area contributed by atoms with Crippen LogP contribution < -0.4 is 11.1 Å². The molecule has 0 spiro atoms. The highest BCUT2D eigenvalue weighted by Gasteiger charge is 2.16. The number of rotatable bonds is 4. The van der Waals surface area contributed by atoms with Gasteiger partial charge in [-0.05, 0) is 24.3 Å². The highest BCUT2D eigenvalue weighted by atomic mass is 35.5. The fraction of sp³-hybridized carbons (Fsp3) is 0.143. The zero-order valence-corrected chi connectivity index (χ0v) is 10.8. The fourth-order valence-corrected chi connectivity index (χ4v) is 2.01. The lowest BCUT2D eigenvalue weighted by Gasteiger charge is -2.19. The third-order valence-corrected chi connectivity index (χ3v) is 3.05. The minimum absolute atomic E-state index is 0.0389. The van der Waals surface area contributed by atoms with Crippen LogP contribution in [0.4, 0.5) is 14.5 Å². The van der Waals surface area contributed by atoms with Crippen LogP contribution in [0.3, 0.4) is 0 Å². The molecule has 1 unspecified atom stereocenters. The Morgan fingerprint density at radius 3 is 2.58 bits per heavy atom. The number of benzene rings is 2. The van der Waals surface area contributed by atoms with Crippen LogP contribution in [0.2, 0.25) is 5.02 Å². The standard InChI is InChI=1S/C14H13ClF2N2/c15-12-6-2-5-11(14(12)17)13(8-18)19-10-4-1-3-9(16)7-10/h1-7,13,19H,8,18H2. The average Bonchev–Trinajstić information content (AvgIpc) is 2.40. The Balaban J connectivity index is 2.28. The molecule has 0 amide bonds. The third-order valence-electron chi connectivity index (χ3n) is 2.76. The molecule has 2 aromatic rings. The normalized spacial score (nSPS) is 12.2. The first kappa shape index (κ1) is 13.8. The minimum Gasteiger partial charge on any atom is -0.377 e. The number of halogens is 3. The van der Waals surface area contributed by atoms with E-state index in [1.54, 1.807) is 24.3 Å². The van der Waals surface area contributed by atoms with Gasteiger partial charge in [-0.2, -0.15) is 0 Å². The Morgan fingerprint density at radius 2 is 1.89 bits per heavy atom. The summed E-state index contributed by atoms with van der Waals surface area (Å²) >= 11 is 5.74. The van der Waals surface area contributed by atoms with Gasteiger partial charge in [0.2, 0.25) is 0 Å². The van der Waals surface area contributed by atoms with Gasteiger partial charge in [0.1, 0.15) is 11.6 Å². The first-order valence-electron chi connectivity index (χ1n) is 5.78. The predicted octanol–water partition coefficient (Wildman–Crippen LogP) is 3.73. The van der Waals surface area contributed by atoms with Crippen LogP contribution in [-0.2, 0) is 0 Å². The van der Waals surface area contributed by atoms with Gasteiger partial charge >= 0.3 is 0 Å². The van der Waals surface area contributed by atoms with Crippen LogP contribution >= 0.6 is 11.6 Å². The van der Waals surface area contributed by atoms with Crippen LogP contribution in [-0.4, -0.2) is 6.54 Å². The molecule has 0 saturated carbocycles. The molecule has 2 rings (SSSR count). The second-order valence-corrected chi connectivity index (χ2v) is 4.49. The minimum atomic E-state index is -0.511. The molecule has 0 heterocycles. The molecule has 0 aliphatic carbocycles. The molecule has 0 bridgehead atoms. The van der Waals surface area contributed by atoms with E-state index in [1.165, 1.54) is 18.2 Å². The van der Waals surface area contributed by atoms with Crippen molar-refractivity contribution in [1.82, 2.24) is 0 Å². The molecule has 0 aliphatic rings. The molecule has 1 atom stereocenters. The van der Waals surface area contributed by atoms with Crippen molar-refractivity contribution in [2.45, 2.75) is 6.04 Å². The van der Waals surface area contributed by atoms with Gasteiger partial charge in [0.05, 0.1) is 11.1 Å². The Bertz CT molecular complexity index is 575. The number of nitrogens with two attached hydrogens (primary N) is 1. The average molecular weight is 283 g/mol. The van der Waals surface area contributed by atoms with Gasteiger partial charge < -0.3 is 11.1 Å². The van der Waals surface area contributed by atoms with Crippen LogP contribution in [0.5, 0.6) is 0 Å². The molecule has 0 aliphatic heterocycles. The van der Waals surface area contributed by atoms with E-state index < -0.39 is 11.9 Å². The SMILES string of the molecule is NCC(Nc1cccc(F)c1)c1cccc(Cl)c1F. The largest absolute Gasteiger partial charge is 0.377 e. The molecule has 2 aromatic carbocycles. The van der Waals surface area contributed by atoms with E-state index in [4.69, 9.17) is 17.3 Å². The van der Waals surface area contributed by atoms with Crippen molar-refractivity contribution >= 4 is 17.3 Å². The van der Waals surface area contributed by atoms with E-state index in [2.05, 4.69) is 5.32 Å². The zero-order chi connectivity index (χ0) is 13.8. The van der Waals surface area contributed by atoms with Crippen LogP contribution in [0.25, 0.3) is 0 Å². The summed E-state index contributed by atoms with van der Waals surface area (Å²) in [6, 6.07) is 10.2. The van der Waals surface area contributed by atoms with Crippen molar-refractivity contribution in [3.05, 3.63) is 64.7 Å².